The third-order valence-corrected chi connectivity index (χ3v) is 10.8. The molecule has 0 bridgehead atoms. The Morgan fingerprint density at radius 1 is 0.425 bits per heavy atom. The van der Waals surface area contributed by atoms with E-state index in [1.807, 2.05) is 22.7 Å². The van der Waals surface area contributed by atoms with Crippen LogP contribution in [0.15, 0.2) is 121 Å². The van der Waals surface area contributed by atoms with Gasteiger partial charge in [-0.05, 0) is 60.7 Å². The average Bonchev–Trinajstić information content (AvgIpc) is 3.67. The Morgan fingerprint density at radius 2 is 1.07 bits per heavy atom. The van der Waals surface area contributed by atoms with Gasteiger partial charge in [-0.15, -0.1) is 22.7 Å². The van der Waals surface area contributed by atoms with Crippen LogP contribution in [0.2, 0.25) is 0 Å². The summed E-state index contributed by atoms with van der Waals surface area (Å²) in [4.78, 5) is 2.46. The summed E-state index contributed by atoms with van der Waals surface area (Å²) < 4.78 is 7.85. The van der Waals surface area contributed by atoms with Crippen molar-refractivity contribution in [3.63, 3.8) is 0 Å². The first-order chi connectivity index (χ1) is 19.8. The molecule has 0 fully saturated rings. The molecule has 0 unspecified atom stereocenters. The molecule has 0 aliphatic carbocycles. The summed E-state index contributed by atoms with van der Waals surface area (Å²) >= 11 is 3.76. The predicted octanol–water partition coefficient (Wildman–Crippen LogP) is 11.3. The van der Waals surface area contributed by atoms with Gasteiger partial charge in [0.05, 0.1) is 28.1 Å². The van der Waals surface area contributed by atoms with E-state index < -0.39 is 0 Å². The SMILES string of the molecule is c1ccc2c(c1)N(c1ccc3sc4ccccc4c3c1)c1cccc3c4c5c(ccc4n-2c13)sc1ccccc15. The minimum Gasteiger partial charge on any atom is -0.306 e. The molecule has 10 rings (SSSR count). The summed E-state index contributed by atoms with van der Waals surface area (Å²) in [7, 11) is 0. The summed E-state index contributed by atoms with van der Waals surface area (Å²) in [6.07, 6.45) is 0. The van der Waals surface area contributed by atoms with Crippen LogP contribution in [0, 0.1) is 0 Å². The van der Waals surface area contributed by atoms with Gasteiger partial charge in [-0.25, -0.2) is 0 Å². The second-order valence-corrected chi connectivity index (χ2v) is 12.7. The second-order valence-electron chi connectivity index (χ2n) is 10.5. The Hall–Kier alpha value is -4.64. The number of benzene rings is 6. The van der Waals surface area contributed by atoms with Crippen molar-refractivity contribution in [1.29, 1.82) is 0 Å². The maximum Gasteiger partial charge on any atom is 0.0783 e. The molecular formula is C36H20N2S2. The molecule has 0 amide bonds. The van der Waals surface area contributed by atoms with E-state index in [4.69, 9.17) is 0 Å². The van der Waals surface area contributed by atoms with Crippen molar-refractivity contribution in [2.75, 3.05) is 4.90 Å². The molecule has 3 aromatic heterocycles. The van der Waals surface area contributed by atoms with E-state index in [9.17, 15) is 0 Å². The highest BCUT2D eigenvalue weighted by Gasteiger charge is 2.29. The van der Waals surface area contributed by atoms with Crippen LogP contribution in [0.3, 0.4) is 0 Å². The van der Waals surface area contributed by atoms with Crippen molar-refractivity contribution < 1.29 is 0 Å². The maximum atomic E-state index is 2.50. The summed E-state index contributed by atoms with van der Waals surface area (Å²) in [5.41, 5.74) is 7.38. The van der Waals surface area contributed by atoms with Crippen molar-refractivity contribution in [1.82, 2.24) is 4.57 Å². The van der Waals surface area contributed by atoms with Gasteiger partial charge in [0, 0.05) is 56.8 Å². The lowest BCUT2D eigenvalue weighted by Crippen LogP contribution is -2.17. The van der Waals surface area contributed by atoms with E-state index in [2.05, 4.69) is 131 Å². The molecule has 40 heavy (non-hydrogen) atoms. The van der Waals surface area contributed by atoms with Crippen LogP contribution in [0.4, 0.5) is 17.1 Å². The van der Waals surface area contributed by atoms with Crippen LogP contribution >= 0.6 is 22.7 Å². The first-order valence-electron chi connectivity index (χ1n) is 13.5. The molecule has 1 aliphatic heterocycles. The van der Waals surface area contributed by atoms with Crippen LogP contribution in [-0.4, -0.2) is 4.57 Å². The van der Waals surface area contributed by atoms with Gasteiger partial charge < -0.3 is 9.47 Å². The summed E-state index contributed by atoms with van der Waals surface area (Å²) in [6.45, 7) is 0. The highest BCUT2D eigenvalue weighted by Crippen LogP contribution is 2.52. The second kappa shape index (κ2) is 7.51. The van der Waals surface area contributed by atoms with Gasteiger partial charge >= 0.3 is 0 Å². The molecule has 0 saturated carbocycles. The fraction of sp³-hybridized carbons (Fsp3) is 0. The number of hydrogen-bond donors (Lipinski definition) is 0. The Bertz CT molecular complexity index is 2510. The average molecular weight is 545 g/mol. The molecule has 1 aliphatic rings. The molecule has 4 heterocycles. The van der Waals surface area contributed by atoms with Crippen molar-refractivity contribution in [2.45, 2.75) is 0 Å². The van der Waals surface area contributed by atoms with E-state index in [0.717, 1.165) is 0 Å². The molecule has 186 valence electrons. The van der Waals surface area contributed by atoms with Gasteiger partial charge in [0.1, 0.15) is 0 Å². The topological polar surface area (TPSA) is 8.17 Å². The Labute approximate surface area is 237 Å². The quantitative estimate of drug-likeness (QED) is 0.199. The minimum absolute atomic E-state index is 1.19. The van der Waals surface area contributed by atoms with E-state index in [1.54, 1.807) is 0 Å². The van der Waals surface area contributed by atoms with Crippen molar-refractivity contribution in [3.8, 4) is 5.69 Å². The van der Waals surface area contributed by atoms with Crippen LogP contribution in [-0.2, 0) is 0 Å². The van der Waals surface area contributed by atoms with Gasteiger partial charge in [0.25, 0.3) is 0 Å². The summed E-state index contributed by atoms with van der Waals surface area (Å²) in [5.74, 6) is 0. The molecule has 4 heteroatoms. The molecule has 0 N–H and O–H groups in total. The zero-order valence-electron chi connectivity index (χ0n) is 21.3. The lowest BCUT2D eigenvalue weighted by Gasteiger charge is -2.33. The normalized spacial score (nSPS) is 12.9. The molecule has 0 spiro atoms. The van der Waals surface area contributed by atoms with Gasteiger partial charge in [0.2, 0.25) is 0 Å². The van der Waals surface area contributed by atoms with Gasteiger partial charge in [0.15, 0.2) is 0 Å². The highest BCUT2D eigenvalue weighted by atomic mass is 32.1. The fourth-order valence-electron chi connectivity index (χ4n) is 6.89. The number of aromatic nitrogens is 1. The van der Waals surface area contributed by atoms with E-state index in [-0.39, 0.29) is 0 Å². The third-order valence-electron chi connectivity index (χ3n) is 8.49. The van der Waals surface area contributed by atoms with Gasteiger partial charge in [-0.2, -0.15) is 0 Å². The number of nitrogens with zero attached hydrogens (tertiary/aromatic N) is 2. The van der Waals surface area contributed by atoms with E-state index >= 15 is 0 Å². The number of rotatable bonds is 1. The smallest absolute Gasteiger partial charge is 0.0783 e. The zero-order chi connectivity index (χ0) is 25.9. The van der Waals surface area contributed by atoms with Crippen LogP contribution < -0.4 is 4.90 Å². The molecular weight excluding hydrogens is 525 g/mol. The first kappa shape index (κ1) is 21.2. The third kappa shape index (κ3) is 2.58. The summed E-state index contributed by atoms with van der Waals surface area (Å²) in [6, 6.07) is 44.9. The summed E-state index contributed by atoms with van der Waals surface area (Å²) in [5, 5.41) is 8.02. The first-order valence-corrected chi connectivity index (χ1v) is 15.2. The molecule has 0 atom stereocenters. The Kier molecular flexibility index (Phi) is 3.98. The molecule has 9 aromatic rings. The minimum atomic E-state index is 1.19. The number of hydrogen-bond acceptors (Lipinski definition) is 3. The number of anilines is 3. The van der Waals surface area contributed by atoms with Crippen molar-refractivity contribution >= 4 is 102 Å². The molecule has 6 aromatic carbocycles. The van der Waals surface area contributed by atoms with E-state index in [1.165, 1.54) is 84.9 Å². The number of fused-ring (bicyclic) bond motifs is 12. The lowest BCUT2D eigenvalue weighted by atomic mass is 10.0. The van der Waals surface area contributed by atoms with Gasteiger partial charge in [-0.3, -0.25) is 0 Å². The van der Waals surface area contributed by atoms with Crippen molar-refractivity contribution in [3.05, 3.63) is 121 Å². The van der Waals surface area contributed by atoms with Crippen LogP contribution in [0.5, 0.6) is 0 Å². The largest absolute Gasteiger partial charge is 0.306 e. The molecule has 2 nitrogen and oxygen atoms in total. The number of para-hydroxylation sites is 3. The maximum absolute atomic E-state index is 2.50. The Balaban J connectivity index is 1.36. The van der Waals surface area contributed by atoms with E-state index in [0.29, 0.717) is 0 Å². The lowest BCUT2D eigenvalue weighted by molar-refractivity contribution is 1.11. The standard InChI is InChI=1S/C36H20N2S2/c1-5-14-30-22(8-1)25-20-21(16-18-32(25)39-30)37-26-11-3-4-12-27(26)38-28-17-19-33-35(23-9-2-6-15-31(23)40-33)34(28)24-10-7-13-29(37)36(24)38/h1-20H. The van der Waals surface area contributed by atoms with Crippen molar-refractivity contribution in [2.24, 2.45) is 0 Å². The Morgan fingerprint density at radius 3 is 1.98 bits per heavy atom. The highest BCUT2D eigenvalue weighted by molar-refractivity contribution is 7.26. The fourth-order valence-corrected chi connectivity index (χ4v) is 9.09. The van der Waals surface area contributed by atoms with Gasteiger partial charge in [-0.1, -0.05) is 60.7 Å². The monoisotopic (exact) mass is 544 g/mol. The zero-order valence-corrected chi connectivity index (χ0v) is 22.9. The van der Waals surface area contributed by atoms with Crippen LogP contribution in [0.25, 0.3) is 67.8 Å². The number of thiophene rings is 2. The van der Waals surface area contributed by atoms with Crippen LogP contribution in [0.1, 0.15) is 0 Å². The predicted molar refractivity (Wildman–Crippen MR) is 175 cm³/mol. The molecule has 0 saturated heterocycles. The molecule has 0 radical (unpaired) electrons.